The molecule has 0 amide bonds. The van der Waals surface area contributed by atoms with Crippen LogP contribution in [0.3, 0.4) is 0 Å². The number of para-hydroxylation sites is 1. The van der Waals surface area contributed by atoms with Gasteiger partial charge in [-0.2, -0.15) is 0 Å². The highest BCUT2D eigenvalue weighted by molar-refractivity contribution is 5.53. The predicted molar refractivity (Wildman–Crippen MR) is 104 cm³/mol. The van der Waals surface area contributed by atoms with E-state index in [2.05, 4.69) is 6.92 Å². The summed E-state index contributed by atoms with van der Waals surface area (Å²) in [7, 11) is 0. The van der Waals surface area contributed by atoms with Gasteiger partial charge in [0.25, 0.3) is 6.47 Å². The van der Waals surface area contributed by atoms with Gasteiger partial charge in [-0.05, 0) is 24.5 Å². The monoisotopic (exact) mass is 348 g/mol. The van der Waals surface area contributed by atoms with Crippen LogP contribution in [0, 0.1) is 0 Å². The third-order valence-electron chi connectivity index (χ3n) is 4.81. The first-order chi connectivity index (χ1) is 12.3. The Balaban J connectivity index is 1.97. The molecule has 0 aliphatic carbocycles. The van der Waals surface area contributed by atoms with E-state index in [0.29, 0.717) is 6.47 Å². The second-order valence-electron chi connectivity index (χ2n) is 6.97. The minimum atomic E-state index is 0.105. The lowest BCUT2D eigenvalue weighted by atomic mass is 10.0. The minimum Gasteiger partial charge on any atom is -0.504 e. The molecule has 0 aliphatic rings. The first-order valence-corrected chi connectivity index (χ1v) is 10.2. The number of aromatic hydroxyl groups is 1. The van der Waals surface area contributed by atoms with Crippen LogP contribution in [0.2, 0.25) is 0 Å². The van der Waals surface area contributed by atoms with Crippen LogP contribution in [0.15, 0.2) is 18.2 Å². The Kier molecular flexibility index (Phi) is 12.7. The summed E-state index contributed by atoms with van der Waals surface area (Å²) in [6.07, 6.45) is 18.2. The number of carbonyl (C=O) groups excluding carboxylic acids is 1. The SMILES string of the molecule is CCCCCCCCCCCCCCCc1cccc(OC=O)c1O. The van der Waals surface area contributed by atoms with Gasteiger partial charge in [-0.25, -0.2) is 0 Å². The molecule has 0 saturated carbocycles. The lowest BCUT2D eigenvalue weighted by molar-refractivity contribution is -0.120. The fraction of sp³-hybridized carbons (Fsp3) is 0.682. The molecule has 1 aromatic rings. The fourth-order valence-corrected chi connectivity index (χ4v) is 3.25. The summed E-state index contributed by atoms with van der Waals surface area (Å²) in [6.45, 7) is 2.62. The zero-order valence-electron chi connectivity index (χ0n) is 16.0. The number of ether oxygens (including phenoxy) is 1. The fourth-order valence-electron chi connectivity index (χ4n) is 3.25. The van der Waals surface area contributed by atoms with Crippen molar-refractivity contribution in [2.24, 2.45) is 0 Å². The molecule has 0 radical (unpaired) electrons. The van der Waals surface area contributed by atoms with Gasteiger partial charge in [-0.15, -0.1) is 0 Å². The molecule has 0 unspecified atom stereocenters. The molecule has 0 spiro atoms. The second-order valence-corrected chi connectivity index (χ2v) is 6.97. The van der Waals surface area contributed by atoms with Crippen molar-refractivity contribution in [1.82, 2.24) is 0 Å². The van der Waals surface area contributed by atoms with Crippen molar-refractivity contribution < 1.29 is 14.6 Å². The first-order valence-electron chi connectivity index (χ1n) is 10.2. The summed E-state index contributed by atoms with van der Waals surface area (Å²) >= 11 is 0. The van der Waals surface area contributed by atoms with Gasteiger partial charge in [0.15, 0.2) is 11.5 Å². The summed E-state index contributed by atoms with van der Waals surface area (Å²) < 4.78 is 4.77. The van der Waals surface area contributed by atoms with Gasteiger partial charge in [0.05, 0.1) is 0 Å². The molecule has 1 rings (SSSR count). The van der Waals surface area contributed by atoms with Crippen LogP contribution in [0.4, 0.5) is 0 Å². The van der Waals surface area contributed by atoms with Gasteiger partial charge >= 0.3 is 0 Å². The highest BCUT2D eigenvalue weighted by atomic mass is 16.5. The Labute approximate surface area is 153 Å². The van der Waals surface area contributed by atoms with Gasteiger partial charge in [-0.3, -0.25) is 4.79 Å². The lowest BCUT2D eigenvalue weighted by Gasteiger charge is -2.08. The van der Waals surface area contributed by atoms with Crippen molar-refractivity contribution in [3.05, 3.63) is 23.8 Å². The van der Waals surface area contributed by atoms with Crippen LogP contribution < -0.4 is 4.74 Å². The van der Waals surface area contributed by atoms with Crippen molar-refractivity contribution in [3.63, 3.8) is 0 Å². The maximum absolute atomic E-state index is 10.4. The quantitative estimate of drug-likeness (QED) is 0.272. The lowest BCUT2D eigenvalue weighted by Crippen LogP contribution is -1.93. The predicted octanol–water partition coefficient (Wildman–Crippen LogP) is 6.56. The maximum atomic E-state index is 10.4. The summed E-state index contributed by atoms with van der Waals surface area (Å²) in [5, 5.41) is 10.0. The average molecular weight is 349 g/mol. The Hall–Kier alpha value is -1.51. The van der Waals surface area contributed by atoms with E-state index in [1.165, 1.54) is 77.0 Å². The highest BCUT2D eigenvalue weighted by Crippen LogP contribution is 2.30. The van der Waals surface area contributed by atoms with E-state index < -0.39 is 0 Å². The van der Waals surface area contributed by atoms with Crippen LogP contribution in [-0.2, 0) is 11.2 Å². The number of hydrogen-bond donors (Lipinski definition) is 1. The number of phenols is 1. The Morgan fingerprint density at radius 3 is 1.88 bits per heavy atom. The largest absolute Gasteiger partial charge is 0.504 e. The van der Waals surface area contributed by atoms with E-state index in [0.717, 1.165) is 18.4 Å². The van der Waals surface area contributed by atoms with E-state index in [9.17, 15) is 9.90 Å². The smallest absolute Gasteiger partial charge is 0.298 e. The van der Waals surface area contributed by atoms with Gasteiger partial charge in [0.2, 0.25) is 0 Å². The van der Waals surface area contributed by atoms with Crippen molar-refractivity contribution in [3.8, 4) is 11.5 Å². The molecule has 0 aliphatic heterocycles. The van der Waals surface area contributed by atoms with E-state index in [1.807, 2.05) is 12.1 Å². The highest BCUT2D eigenvalue weighted by Gasteiger charge is 2.07. The molecular weight excluding hydrogens is 312 g/mol. The summed E-state index contributed by atoms with van der Waals surface area (Å²) in [5.41, 5.74) is 0.863. The maximum Gasteiger partial charge on any atom is 0.298 e. The molecule has 1 aromatic carbocycles. The molecule has 3 heteroatoms. The first kappa shape index (κ1) is 21.5. The van der Waals surface area contributed by atoms with Crippen molar-refractivity contribution >= 4 is 6.47 Å². The van der Waals surface area contributed by atoms with Crippen molar-refractivity contribution in [2.75, 3.05) is 0 Å². The summed E-state index contributed by atoms with van der Waals surface area (Å²) in [6, 6.07) is 5.32. The zero-order valence-corrected chi connectivity index (χ0v) is 16.0. The van der Waals surface area contributed by atoms with Crippen LogP contribution in [0.5, 0.6) is 11.5 Å². The van der Waals surface area contributed by atoms with Gasteiger partial charge in [0.1, 0.15) is 0 Å². The van der Waals surface area contributed by atoms with Crippen LogP contribution in [0.25, 0.3) is 0 Å². The number of rotatable bonds is 16. The summed E-state index contributed by atoms with van der Waals surface area (Å²) in [5.74, 6) is 0.357. The normalized spacial score (nSPS) is 10.8. The van der Waals surface area contributed by atoms with Crippen LogP contribution >= 0.6 is 0 Å². The molecule has 0 fully saturated rings. The van der Waals surface area contributed by atoms with Crippen molar-refractivity contribution in [2.45, 2.75) is 96.8 Å². The number of hydrogen-bond acceptors (Lipinski definition) is 3. The van der Waals surface area contributed by atoms with E-state index >= 15 is 0 Å². The van der Waals surface area contributed by atoms with E-state index in [1.54, 1.807) is 6.07 Å². The van der Waals surface area contributed by atoms with Gasteiger partial charge in [0, 0.05) is 0 Å². The number of aryl methyl sites for hydroxylation is 1. The third-order valence-corrected chi connectivity index (χ3v) is 4.81. The molecule has 25 heavy (non-hydrogen) atoms. The molecule has 1 N–H and O–H groups in total. The van der Waals surface area contributed by atoms with Crippen molar-refractivity contribution in [1.29, 1.82) is 0 Å². The number of unbranched alkanes of at least 4 members (excludes halogenated alkanes) is 12. The Bertz CT molecular complexity index is 457. The molecule has 0 saturated heterocycles. The molecule has 3 nitrogen and oxygen atoms in total. The molecule has 0 aromatic heterocycles. The molecule has 0 bridgehead atoms. The number of carbonyl (C=O) groups is 1. The van der Waals surface area contributed by atoms with Crippen LogP contribution in [-0.4, -0.2) is 11.6 Å². The van der Waals surface area contributed by atoms with Gasteiger partial charge in [-0.1, -0.05) is 96.1 Å². The standard InChI is InChI=1S/C22H36O3/c1-2-3-4-5-6-7-8-9-10-11-12-13-14-16-20-17-15-18-21(22(20)24)25-19-23/h15,17-19,24H,2-14,16H2,1H3. The Morgan fingerprint density at radius 2 is 1.36 bits per heavy atom. The average Bonchev–Trinajstić information content (AvgIpc) is 2.62. The minimum absolute atomic E-state index is 0.105. The van der Waals surface area contributed by atoms with Gasteiger partial charge < -0.3 is 9.84 Å². The van der Waals surface area contributed by atoms with E-state index in [4.69, 9.17) is 4.74 Å². The number of benzene rings is 1. The Morgan fingerprint density at radius 1 is 0.840 bits per heavy atom. The topological polar surface area (TPSA) is 46.5 Å². The third kappa shape index (κ3) is 10.2. The molecule has 142 valence electrons. The zero-order chi connectivity index (χ0) is 18.2. The molecule has 0 atom stereocenters. The molecule has 0 heterocycles. The van der Waals surface area contributed by atoms with Crippen LogP contribution in [0.1, 0.15) is 96.0 Å². The number of phenolic OH excluding ortho intramolecular Hbond substituents is 1. The molecular formula is C22H36O3. The summed E-state index contributed by atoms with van der Waals surface area (Å²) in [4.78, 5) is 10.4. The second kappa shape index (κ2) is 14.8. The van der Waals surface area contributed by atoms with E-state index in [-0.39, 0.29) is 11.5 Å².